The smallest absolute Gasteiger partial charge is 0.151 e. The van der Waals surface area contributed by atoms with Crippen molar-refractivity contribution in [1.82, 2.24) is 9.80 Å². The molecule has 0 heterocycles. The summed E-state index contributed by atoms with van der Waals surface area (Å²) < 4.78 is 0. The normalized spacial score (nSPS) is 19.4. The lowest BCUT2D eigenvalue weighted by Crippen LogP contribution is -2.71. The summed E-state index contributed by atoms with van der Waals surface area (Å²) >= 11 is 0. The number of hydrogen-bond acceptors (Lipinski definition) is 2. The fourth-order valence-corrected chi connectivity index (χ4v) is 22.4. The third kappa shape index (κ3) is 6.51. The van der Waals surface area contributed by atoms with Gasteiger partial charge in [0, 0.05) is 13.1 Å². The first-order valence-electron chi connectivity index (χ1n) is 18.6. The van der Waals surface area contributed by atoms with Crippen LogP contribution in [0.25, 0.3) is 0 Å². The van der Waals surface area contributed by atoms with E-state index in [4.69, 9.17) is 0 Å². The molecule has 4 heteroatoms. The molecule has 51 heavy (non-hydrogen) atoms. The van der Waals surface area contributed by atoms with Gasteiger partial charge in [0.2, 0.25) is 0 Å². The van der Waals surface area contributed by atoms with Gasteiger partial charge in [0.1, 0.15) is 0 Å². The van der Waals surface area contributed by atoms with Gasteiger partial charge < -0.3 is 9.80 Å². The topological polar surface area (TPSA) is 6.48 Å². The van der Waals surface area contributed by atoms with Gasteiger partial charge in [0.15, 0.2) is 16.1 Å². The molecule has 0 bridgehead atoms. The summed E-state index contributed by atoms with van der Waals surface area (Å²) in [5.41, 5.74) is 0.926. The molecule has 0 amide bonds. The third-order valence-electron chi connectivity index (χ3n) is 11.7. The quantitative estimate of drug-likeness (QED) is 0.117. The molecule has 6 aromatic rings. The molecule has 4 unspecified atom stereocenters. The van der Waals surface area contributed by atoms with Crippen LogP contribution in [0, 0.1) is 11.8 Å². The Balaban J connectivity index is 1.60. The first-order chi connectivity index (χ1) is 25.0. The summed E-state index contributed by atoms with van der Waals surface area (Å²) in [6.45, 7) is 2.12. The first-order valence-corrected chi connectivity index (χ1v) is 22.8. The van der Waals surface area contributed by atoms with Crippen LogP contribution in [0.3, 0.4) is 0 Å². The predicted octanol–water partition coefficient (Wildman–Crippen LogP) is 5.83. The second-order valence-corrected chi connectivity index (χ2v) is 23.3. The summed E-state index contributed by atoms with van der Waals surface area (Å²) in [7, 11) is 3.86. The van der Waals surface area contributed by atoms with Gasteiger partial charge in [-0.05, 0) is 88.7 Å². The maximum absolute atomic E-state index is 2.66. The van der Waals surface area contributed by atoms with Gasteiger partial charge in [-0.2, -0.15) is 0 Å². The molecule has 2 nitrogen and oxygen atoms in total. The predicted molar refractivity (Wildman–Crippen MR) is 224 cm³/mol. The minimum atomic E-state index is -2.66. The number of nitrogens with zero attached hydrogens (tertiary/aromatic N) is 2. The molecule has 1 aliphatic rings. The summed E-state index contributed by atoms with van der Waals surface area (Å²) in [5, 5.41) is 9.12. The Bertz CT molecular complexity index is 1600. The lowest BCUT2D eigenvalue weighted by molar-refractivity contribution is 0.227. The highest BCUT2D eigenvalue weighted by atomic mass is 28.3. The largest absolute Gasteiger partial charge is 0.309 e. The van der Waals surface area contributed by atoms with Crippen molar-refractivity contribution in [2.45, 2.75) is 17.5 Å². The Morgan fingerprint density at radius 3 is 0.725 bits per heavy atom. The van der Waals surface area contributed by atoms with E-state index in [2.05, 4.69) is 220 Å². The second kappa shape index (κ2) is 15.5. The molecule has 0 aliphatic heterocycles. The average Bonchev–Trinajstić information content (AvgIpc) is 3.51. The molecular weight excluding hydrogens is 649 g/mol. The summed E-state index contributed by atoms with van der Waals surface area (Å²) in [5.74, 6) is 0.949. The van der Waals surface area contributed by atoms with Crippen LogP contribution in [0.4, 0.5) is 0 Å². The van der Waals surface area contributed by atoms with Crippen LogP contribution < -0.4 is 31.1 Å². The van der Waals surface area contributed by atoms with E-state index in [1.165, 1.54) is 37.5 Å². The molecule has 1 fully saturated rings. The molecule has 4 atom stereocenters. The van der Waals surface area contributed by atoms with Crippen LogP contribution in [0.5, 0.6) is 0 Å². The Morgan fingerprint density at radius 2 is 0.549 bits per heavy atom. The highest BCUT2D eigenvalue weighted by Gasteiger charge is 2.62. The molecule has 1 saturated carbocycles. The van der Waals surface area contributed by atoms with Gasteiger partial charge in [0.25, 0.3) is 0 Å². The summed E-state index contributed by atoms with van der Waals surface area (Å²) in [4.78, 5) is 4.97. The van der Waals surface area contributed by atoms with Crippen molar-refractivity contribution in [3.8, 4) is 0 Å². The van der Waals surface area contributed by atoms with Gasteiger partial charge in [-0.15, -0.1) is 0 Å². The van der Waals surface area contributed by atoms with Crippen molar-refractivity contribution < 1.29 is 0 Å². The molecular formula is C47H52N2Si2. The fourth-order valence-electron chi connectivity index (χ4n) is 10.1. The molecule has 0 N–H and O–H groups in total. The maximum atomic E-state index is 2.49. The average molecular weight is 701 g/mol. The van der Waals surface area contributed by atoms with Crippen LogP contribution in [-0.2, 0) is 0 Å². The zero-order valence-corrected chi connectivity index (χ0v) is 32.6. The zero-order chi connectivity index (χ0) is 35.3. The van der Waals surface area contributed by atoms with Crippen molar-refractivity contribution in [1.29, 1.82) is 0 Å². The van der Waals surface area contributed by atoms with Gasteiger partial charge in [-0.3, -0.25) is 0 Å². The highest BCUT2D eigenvalue weighted by molar-refractivity contribution is 7.14. The van der Waals surface area contributed by atoms with Crippen LogP contribution in [0.2, 0.25) is 11.1 Å². The van der Waals surface area contributed by atoms with Crippen molar-refractivity contribution in [2.24, 2.45) is 11.8 Å². The molecule has 0 spiro atoms. The molecule has 0 saturated heterocycles. The van der Waals surface area contributed by atoms with Crippen molar-refractivity contribution in [3.63, 3.8) is 0 Å². The van der Waals surface area contributed by atoms with E-state index < -0.39 is 16.1 Å². The van der Waals surface area contributed by atoms with E-state index in [0.29, 0.717) is 22.9 Å². The fraction of sp³-hybridized carbons (Fsp3) is 0.234. The monoisotopic (exact) mass is 700 g/mol. The minimum Gasteiger partial charge on any atom is -0.309 e. The van der Waals surface area contributed by atoms with E-state index in [-0.39, 0.29) is 0 Å². The molecule has 0 aromatic heterocycles. The van der Waals surface area contributed by atoms with E-state index in [9.17, 15) is 0 Å². The lowest BCUT2D eigenvalue weighted by atomic mass is 9.94. The Labute approximate surface area is 308 Å². The van der Waals surface area contributed by atoms with Crippen molar-refractivity contribution in [3.05, 3.63) is 182 Å². The standard InChI is InChI=1S/C47H52N2Si2/c1-48(2)36-44-45(37-49(3)4)47(51(41-29-17-8-18-30-41,42-31-19-9-20-32-42)43-33-21-10-22-34-43)35-46(44)50(38-23-11-5-12-24-38,39-25-13-6-14-26-39)40-27-15-7-16-28-40/h5-34,44-47H,35-37H2,1-4H3. The minimum absolute atomic E-state index is 0.463. The number of hydrogen-bond donors (Lipinski definition) is 0. The SMILES string of the molecule is CN(C)CC1C(CN(C)C)C([Si](c2ccccc2)(c2ccccc2)c2ccccc2)CC1[Si](c1ccccc1)(c1ccccc1)c1ccccc1. The second-order valence-electron chi connectivity index (χ2n) is 15.1. The van der Waals surface area contributed by atoms with E-state index in [1.54, 1.807) is 0 Å². The number of benzene rings is 6. The van der Waals surface area contributed by atoms with E-state index in [0.717, 1.165) is 13.1 Å². The lowest BCUT2D eigenvalue weighted by Gasteiger charge is -2.44. The van der Waals surface area contributed by atoms with E-state index in [1.807, 2.05) is 0 Å². The molecule has 7 rings (SSSR count). The summed E-state index contributed by atoms with van der Waals surface area (Å²) in [6.07, 6.45) is 1.17. The third-order valence-corrected chi connectivity index (χ3v) is 22.7. The van der Waals surface area contributed by atoms with Crippen LogP contribution in [-0.4, -0.2) is 67.2 Å². The summed E-state index contributed by atoms with van der Waals surface area (Å²) in [6, 6.07) is 70.1. The Hall–Kier alpha value is -4.33. The molecule has 258 valence electrons. The van der Waals surface area contributed by atoms with Gasteiger partial charge >= 0.3 is 0 Å². The zero-order valence-electron chi connectivity index (χ0n) is 30.6. The van der Waals surface area contributed by atoms with Gasteiger partial charge in [-0.1, -0.05) is 182 Å². The molecule has 1 aliphatic carbocycles. The Morgan fingerprint density at radius 1 is 0.353 bits per heavy atom. The highest BCUT2D eigenvalue weighted by Crippen LogP contribution is 2.56. The molecule has 0 radical (unpaired) electrons. The van der Waals surface area contributed by atoms with Crippen LogP contribution in [0.1, 0.15) is 6.42 Å². The maximum Gasteiger partial charge on any atom is 0.151 e. The first kappa shape index (κ1) is 35.1. The van der Waals surface area contributed by atoms with Crippen LogP contribution in [0.15, 0.2) is 182 Å². The van der Waals surface area contributed by atoms with Crippen molar-refractivity contribution >= 4 is 47.3 Å². The Kier molecular flexibility index (Phi) is 10.7. The number of rotatable bonds is 12. The van der Waals surface area contributed by atoms with Gasteiger partial charge in [0.05, 0.1) is 0 Å². The van der Waals surface area contributed by atoms with Crippen LogP contribution >= 0.6 is 0 Å². The van der Waals surface area contributed by atoms with Crippen molar-refractivity contribution in [2.75, 3.05) is 41.3 Å². The van der Waals surface area contributed by atoms with Gasteiger partial charge in [-0.25, -0.2) is 0 Å². The van der Waals surface area contributed by atoms with E-state index >= 15 is 0 Å². The molecule has 6 aromatic carbocycles.